The van der Waals surface area contributed by atoms with E-state index in [2.05, 4.69) is 30.0 Å². The molecule has 9 heteroatoms. The number of pyridine rings is 1. The largest absolute Gasteiger partial charge is 0.473 e. The van der Waals surface area contributed by atoms with Crippen molar-refractivity contribution >= 4 is 22.7 Å². The lowest BCUT2D eigenvalue weighted by atomic mass is 10.1. The van der Waals surface area contributed by atoms with E-state index in [1.165, 1.54) is 0 Å². The number of rotatable bonds is 8. The third-order valence-electron chi connectivity index (χ3n) is 7.97. The van der Waals surface area contributed by atoms with Gasteiger partial charge in [0, 0.05) is 44.2 Å². The van der Waals surface area contributed by atoms with Crippen LogP contribution in [0.15, 0.2) is 91.0 Å². The molecule has 5 aromatic rings. The number of para-hydroxylation sites is 1. The molecule has 0 N–H and O–H groups in total. The van der Waals surface area contributed by atoms with E-state index in [1.807, 2.05) is 105 Å². The monoisotopic (exact) mass is 619 g/mol. The molecule has 0 aliphatic carbocycles. The first-order valence-electron chi connectivity index (χ1n) is 15.7. The fourth-order valence-electron chi connectivity index (χ4n) is 5.81. The second kappa shape index (κ2) is 13.1. The van der Waals surface area contributed by atoms with E-state index in [0.29, 0.717) is 44.6 Å². The summed E-state index contributed by atoms with van der Waals surface area (Å²) in [5, 5.41) is 6.00. The van der Waals surface area contributed by atoms with Crippen molar-refractivity contribution in [3.05, 3.63) is 102 Å². The minimum Gasteiger partial charge on any atom is -0.473 e. The van der Waals surface area contributed by atoms with Gasteiger partial charge >= 0.3 is 6.09 Å². The Labute approximate surface area is 270 Å². The van der Waals surface area contributed by atoms with Gasteiger partial charge in [0.25, 0.3) is 0 Å². The normalized spacial score (nSPS) is 15.2. The van der Waals surface area contributed by atoms with E-state index >= 15 is 0 Å². The number of aryl methyl sites for hydroxylation is 1. The number of anilines is 1. The molecule has 1 aliphatic rings. The standard InChI is InChI=1S/C37H41N5O4/c1-26-23-41(36(43)46-37(2,3)4)21-22-42(26)31-18-12-17-29-33(39-40(5)34(29)31)30-19-20-32(44-24-27-13-8-6-9-14-27)38-35(30)45-25-28-15-10-7-11-16-28/h6-20,26H,21-25H2,1-5H3/t26-/m0/s1. The number of ether oxygens (including phenoxy) is 3. The van der Waals surface area contributed by atoms with Gasteiger partial charge in [0.1, 0.15) is 24.5 Å². The van der Waals surface area contributed by atoms with E-state index in [1.54, 1.807) is 4.90 Å². The average molecular weight is 620 g/mol. The average Bonchev–Trinajstić information content (AvgIpc) is 3.39. The van der Waals surface area contributed by atoms with Crippen molar-refractivity contribution in [2.24, 2.45) is 7.05 Å². The van der Waals surface area contributed by atoms with E-state index in [0.717, 1.165) is 39.0 Å². The molecule has 9 nitrogen and oxygen atoms in total. The molecule has 3 heterocycles. The molecule has 3 aromatic carbocycles. The second-order valence-corrected chi connectivity index (χ2v) is 12.7. The molecule has 0 bridgehead atoms. The predicted molar refractivity (Wildman–Crippen MR) is 180 cm³/mol. The summed E-state index contributed by atoms with van der Waals surface area (Å²) in [5.74, 6) is 0.937. The van der Waals surface area contributed by atoms with Crippen LogP contribution < -0.4 is 14.4 Å². The van der Waals surface area contributed by atoms with Crippen LogP contribution in [-0.4, -0.2) is 57.0 Å². The highest BCUT2D eigenvalue weighted by Crippen LogP contribution is 2.39. The molecule has 0 radical (unpaired) electrons. The topological polar surface area (TPSA) is 82.0 Å². The Hall–Kier alpha value is -5.05. The first kappa shape index (κ1) is 31.0. The molecular formula is C37H41N5O4. The maximum absolute atomic E-state index is 12.8. The van der Waals surface area contributed by atoms with Crippen LogP contribution in [-0.2, 0) is 25.0 Å². The van der Waals surface area contributed by atoms with Crippen LogP contribution >= 0.6 is 0 Å². The number of hydrogen-bond donors (Lipinski definition) is 0. The summed E-state index contributed by atoms with van der Waals surface area (Å²) in [5.41, 5.74) is 5.21. The molecule has 1 aliphatic heterocycles. The van der Waals surface area contributed by atoms with Crippen LogP contribution in [0.3, 0.4) is 0 Å². The van der Waals surface area contributed by atoms with E-state index in [4.69, 9.17) is 24.3 Å². The molecule has 1 amide bonds. The van der Waals surface area contributed by atoms with Gasteiger partial charge in [0.15, 0.2) is 0 Å². The lowest BCUT2D eigenvalue weighted by Crippen LogP contribution is -2.54. The highest BCUT2D eigenvalue weighted by atomic mass is 16.6. The number of benzene rings is 3. The number of hydrogen-bond acceptors (Lipinski definition) is 7. The molecular weight excluding hydrogens is 578 g/mol. The zero-order valence-corrected chi connectivity index (χ0v) is 27.1. The van der Waals surface area contributed by atoms with Gasteiger partial charge in [0.05, 0.1) is 16.8 Å². The van der Waals surface area contributed by atoms with Crippen molar-refractivity contribution < 1.29 is 19.0 Å². The van der Waals surface area contributed by atoms with Crippen LogP contribution in [0.1, 0.15) is 38.8 Å². The van der Waals surface area contributed by atoms with Crippen LogP contribution in [0.25, 0.3) is 22.2 Å². The van der Waals surface area contributed by atoms with Crippen molar-refractivity contribution in [2.75, 3.05) is 24.5 Å². The Morgan fingerprint density at radius 2 is 1.52 bits per heavy atom. The third-order valence-corrected chi connectivity index (χ3v) is 7.97. The van der Waals surface area contributed by atoms with Gasteiger partial charge in [-0.25, -0.2) is 4.79 Å². The molecule has 1 atom stereocenters. The van der Waals surface area contributed by atoms with Gasteiger partial charge < -0.3 is 24.0 Å². The number of aromatic nitrogens is 3. The molecule has 0 saturated carbocycles. The maximum atomic E-state index is 12.8. The molecule has 0 spiro atoms. The zero-order chi connectivity index (χ0) is 32.3. The Kier molecular flexibility index (Phi) is 8.83. The Morgan fingerprint density at radius 1 is 0.848 bits per heavy atom. The van der Waals surface area contributed by atoms with Crippen molar-refractivity contribution in [3.63, 3.8) is 0 Å². The minimum atomic E-state index is -0.529. The lowest BCUT2D eigenvalue weighted by molar-refractivity contribution is 0.0219. The molecule has 0 unspecified atom stereocenters. The molecule has 6 rings (SSSR count). The minimum absolute atomic E-state index is 0.0812. The summed E-state index contributed by atoms with van der Waals surface area (Å²) in [6.07, 6.45) is -0.272. The number of amides is 1. The summed E-state index contributed by atoms with van der Waals surface area (Å²) in [6.45, 7) is 10.4. The van der Waals surface area contributed by atoms with Gasteiger partial charge in [0.2, 0.25) is 11.8 Å². The first-order valence-corrected chi connectivity index (χ1v) is 15.7. The van der Waals surface area contributed by atoms with E-state index in [9.17, 15) is 4.79 Å². The Balaban J connectivity index is 1.31. The second-order valence-electron chi connectivity index (χ2n) is 12.7. The molecule has 1 fully saturated rings. The van der Waals surface area contributed by atoms with Gasteiger partial charge in [-0.15, -0.1) is 0 Å². The third kappa shape index (κ3) is 6.93. The summed E-state index contributed by atoms with van der Waals surface area (Å²) in [4.78, 5) is 21.7. The summed E-state index contributed by atoms with van der Waals surface area (Å²) >= 11 is 0. The fraction of sp³-hybridized carbons (Fsp3) is 0.324. The number of piperazine rings is 1. The quantitative estimate of drug-likeness (QED) is 0.181. The predicted octanol–water partition coefficient (Wildman–Crippen LogP) is 7.24. The van der Waals surface area contributed by atoms with Gasteiger partial charge in [-0.3, -0.25) is 4.68 Å². The van der Waals surface area contributed by atoms with Crippen LogP contribution in [0.2, 0.25) is 0 Å². The van der Waals surface area contributed by atoms with Crippen molar-refractivity contribution in [3.8, 4) is 23.0 Å². The highest BCUT2D eigenvalue weighted by Gasteiger charge is 2.31. The van der Waals surface area contributed by atoms with Crippen LogP contribution in [0.4, 0.5) is 10.5 Å². The number of carbonyl (C=O) groups excluding carboxylic acids is 1. The van der Waals surface area contributed by atoms with E-state index < -0.39 is 5.60 Å². The molecule has 1 saturated heterocycles. The molecule has 46 heavy (non-hydrogen) atoms. The summed E-state index contributed by atoms with van der Waals surface area (Å²) < 4.78 is 20.0. The van der Waals surface area contributed by atoms with Gasteiger partial charge in [-0.1, -0.05) is 72.8 Å². The van der Waals surface area contributed by atoms with Crippen molar-refractivity contribution in [1.29, 1.82) is 0 Å². The SMILES string of the molecule is C[C@H]1CN(C(=O)OC(C)(C)C)CCN1c1cccc2c(-c3ccc(OCc4ccccc4)nc3OCc3ccccc3)nn(C)c12. The zero-order valence-electron chi connectivity index (χ0n) is 27.1. The van der Waals surface area contributed by atoms with Gasteiger partial charge in [-0.05, 0) is 51.0 Å². The lowest BCUT2D eigenvalue weighted by Gasteiger charge is -2.41. The van der Waals surface area contributed by atoms with Crippen LogP contribution in [0, 0.1) is 0 Å². The van der Waals surface area contributed by atoms with Crippen molar-refractivity contribution in [2.45, 2.75) is 52.6 Å². The number of nitrogens with zero attached hydrogens (tertiary/aromatic N) is 5. The van der Waals surface area contributed by atoms with Crippen LogP contribution in [0.5, 0.6) is 11.8 Å². The highest BCUT2D eigenvalue weighted by molar-refractivity contribution is 6.01. The number of fused-ring (bicyclic) bond motifs is 1. The first-order chi connectivity index (χ1) is 22.2. The molecule has 2 aromatic heterocycles. The summed E-state index contributed by atoms with van der Waals surface area (Å²) in [6, 6.07) is 30.3. The van der Waals surface area contributed by atoms with Gasteiger partial charge in [-0.2, -0.15) is 10.1 Å². The Morgan fingerprint density at radius 3 is 2.17 bits per heavy atom. The molecule has 238 valence electrons. The van der Waals surface area contributed by atoms with Crippen molar-refractivity contribution in [1.82, 2.24) is 19.7 Å². The fourth-order valence-corrected chi connectivity index (χ4v) is 5.81. The van der Waals surface area contributed by atoms with E-state index in [-0.39, 0.29) is 12.1 Å². The number of carbonyl (C=O) groups is 1. The maximum Gasteiger partial charge on any atom is 0.410 e. The summed E-state index contributed by atoms with van der Waals surface area (Å²) in [7, 11) is 1.96. The smallest absolute Gasteiger partial charge is 0.410 e. The Bertz CT molecular complexity index is 1800.